The summed E-state index contributed by atoms with van der Waals surface area (Å²) in [6.45, 7) is 2.19. The average molecular weight is 232 g/mol. The Morgan fingerprint density at radius 2 is 2.06 bits per heavy atom. The molecule has 0 heterocycles. The number of ether oxygens (including phenoxy) is 1. The SMILES string of the molecule is CCC[C@@H](N)C(=O)NC(CCOC)C(=O)O. The van der Waals surface area contributed by atoms with Crippen LogP contribution >= 0.6 is 0 Å². The van der Waals surface area contributed by atoms with E-state index in [0.717, 1.165) is 6.42 Å². The van der Waals surface area contributed by atoms with Crippen molar-refractivity contribution in [2.24, 2.45) is 5.73 Å². The lowest BCUT2D eigenvalue weighted by molar-refractivity contribution is -0.142. The molecule has 0 saturated carbocycles. The molecule has 94 valence electrons. The number of methoxy groups -OCH3 is 1. The molecule has 0 bridgehead atoms. The van der Waals surface area contributed by atoms with E-state index in [4.69, 9.17) is 15.6 Å². The maximum atomic E-state index is 11.5. The first-order chi connectivity index (χ1) is 7.52. The van der Waals surface area contributed by atoms with E-state index in [1.165, 1.54) is 7.11 Å². The standard InChI is InChI=1S/C10H20N2O4/c1-3-4-7(11)9(13)12-8(10(14)15)5-6-16-2/h7-8H,3-6,11H2,1-2H3,(H,12,13)(H,14,15)/t7-,8?/m1/s1. The smallest absolute Gasteiger partial charge is 0.326 e. The third kappa shape index (κ3) is 5.67. The van der Waals surface area contributed by atoms with E-state index in [1.807, 2.05) is 6.92 Å². The first-order valence-corrected chi connectivity index (χ1v) is 5.30. The van der Waals surface area contributed by atoms with Crippen LogP contribution in [0.5, 0.6) is 0 Å². The van der Waals surface area contributed by atoms with E-state index in [-0.39, 0.29) is 13.0 Å². The van der Waals surface area contributed by atoms with Gasteiger partial charge in [0.1, 0.15) is 6.04 Å². The zero-order valence-corrected chi connectivity index (χ0v) is 9.73. The van der Waals surface area contributed by atoms with Gasteiger partial charge in [-0.3, -0.25) is 4.79 Å². The number of amides is 1. The van der Waals surface area contributed by atoms with Crippen LogP contribution in [0, 0.1) is 0 Å². The van der Waals surface area contributed by atoms with Crippen molar-refractivity contribution in [3.63, 3.8) is 0 Å². The highest BCUT2D eigenvalue weighted by molar-refractivity contribution is 5.86. The molecule has 1 unspecified atom stereocenters. The Balaban J connectivity index is 4.17. The lowest BCUT2D eigenvalue weighted by Crippen LogP contribution is -2.48. The fourth-order valence-corrected chi connectivity index (χ4v) is 1.21. The molecule has 0 aromatic carbocycles. The number of nitrogens with one attached hydrogen (secondary N) is 1. The van der Waals surface area contributed by atoms with Crippen molar-refractivity contribution in [2.75, 3.05) is 13.7 Å². The van der Waals surface area contributed by atoms with Gasteiger partial charge in [0.15, 0.2) is 0 Å². The van der Waals surface area contributed by atoms with E-state index in [0.29, 0.717) is 6.42 Å². The first kappa shape index (κ1) is 14.9. The van der Waals surface area contributed by atoms with Crippen LogP contribution in [0.25, 0.3) is 0 Å². The van der Waals surface area contributed by atoms with Gasteiger partial charge in [0, 0.05) is 20.1 Å². The van der Waals surface area contributed by atoms with Gasteiger partial charge in [0.2, 0.25) is 5.91 Å². The Morgan fingerprint density at radius 1 is 1.44 bits per heavy atom. The number of hydrogen-bond acceptors (Lipinski definition) is 4. The van der Waals surface area contributed by atoms with Gasteiger partial charge in [-0.25, -0.2) is 4.79 Å². The number of nitrogens with two attached hydrogens (primary N) is 1. The summed E-state index contributed by atoms with van der Waals surface area (Å²) in [7, 11) is 1.48. The molecule has 4 N–H and O–H groups in total. The normalized spacial score (nSPS) is 14.2. The topological polar surface area (TPSA) is 102 Å². The molecule has 16 heavy (non-hydrogen) atoms. The predicted octanol–water partition coefficient (Wildman–Crippen LogP) is -0.280. The molecule has 0 radical (unpaired) electrons. The van der Waals surface area contributed by atoms with Gasteiger partial charge in [-0.2, -0.15) is 0 Å². The van der Waals surface area contributed by atoms with Crippen LogP contribution in [-0.2, 0) is 14.3 Å². The molecule has 0 aromatic rings. The van der Waals surface area contributed by atoms with Crippen molar-refractivity contribution < 1.29 is 19.4 Å². The van der Waals surface area contributed by atoms with E-state index < -0.39 is 24.0 Å². The summed E-state index contributed by atoms with van der Waals surface area (Å²) in [6.07, 6.45) is 1.56. The van der Waals surface area contributed by atoms with Gasteiger partial charge in [-0.15, -0.1) is 0 Å². The lowest BCUT2D eigenvalue weighted by atomic mass is 10.1. The zero-order valence-electron chi connectivity index (χ0n) is 9.73. The number of rotatable bonds is 8. The number of carboxylic acids is 1. The molecule has 6 heteroatoms. The van der Waals surface area contributed by atoms with Gasteiger partial charge in [0.25, 0.3) is 0 Å². The molecule has 0 aromatic heterocycles. The van der Waals surface area contributed by atoms with Crippen molar-refractivity contribution >= 4 is 11.9 Å². The summed E-state index contributed by atoms with van der Waals surface area (Å²) in [5, 5.41) is 11.2. The van der Waals surface area contributed by atoms with Crippen molar-refractivity contribution in [1.29, 1.82) is 0 Å². The van der Waals surface area contributed by atoms with Gasteiger partial charge in [-0.05, 0) is 6.42 Å². The molecule has 2 atom stereocenters. The van der Waals surface area contributed by atoms with Crippen LogP contribution in [0.15, 0.2) is 0 Å². The second kappa shape index (κ2) is 8.06. The van der Waals surface area contributed by atoms with E-state index >= 15 is 0 Å². The average Bonchev–Trinajstić information content (AvgIpc) is 2.23. The molecule has 0 spiro atoms. The Bertz CT molecular complexity index is 233. The molecular formula is C10H20N2O4. The van der Waals surface area contributed by atoms with Gasteiger partial charge in [-0.1, -0.05) is 13.3 Å². The quantitative estimate of drug-likeness (QED) is 0.534. The summed E-state index contributed by atoms with van der Waals surface area (Å²) in [4.78, 5) is 22.3. The highest BCUT2D eigenvalue weighted by Crippen LogP contribution is 1.97. The maximum Gasteiger partial charge on any atom is 0.326 e. The summed E-state index contributed by atoms with van der Waals surface area (Å²) >= 11 is 0. The highest BCUT2D eigenvalue weighted by atomic mass is 16.5. The van der Waals surface area contributed by atoms with Crippen LogP contribution < -0.4 is 11.1 Å². The molecule has 6 nitrogen and oxygen atoms in total. The predicted molar refractivity (Wildman–Crippen MR) is 58.9 cm³/mol. The van der Waals surface area contributed by atoms with E-state index in [9.17, 15) is 9.59 Å². The molecule has 0 fully saturated rings. The Hall–Kier alpha value is -1.14. The first-order valence-electron chi connectivity index (χ1n) is 5.30. The Kier molecular flexibility index (Phi) is 7.49. The number of carbonyl (C=O) groups is 2. The number of hydrogen-bond donors (Lipinski definition) is 3. The number of carboxylic acid groups (broad SMARTS) is 1. The van der Waals surface area contributed by atoms with Crippen LogP contribution in [-0.4, -0.2) is 42.8 Å². The summed E-state index contributed by atoms with van der Waals surface area (Å²) < 4.78 is 4.77. The minimum absolute atomic E-state index is 0.233. The van der Waals surface area contributed by atoms with Crippen molar-refractivity contribution in [3.8, 4) is 0 Å². The monoisotopic (exact) mass is 232 g/mol. The maximum absolute atomic E-state index is 11.5. The van der Waals surface area contributed by atoms with Crippen molar-refractivity contribution in [3.05, 3.63) is 0 Å². The van der Waals surface area contributed by atoms with Crippen molar-refractivity contribution in [1.82, 2.24) is 5.32 Å². The van der Waals surface area contributed by atoms with Crippen molar-refractivity contribution in [2.45, 2.75) is 38.3 Å². The van der Waals surface area contributed by atoms with Gasteiger partial charge < -0.3 is 20.9 Å². The summed E-state index contributed by atoms with van der Waals surface area (Å²) in [5.74, 6) is -1.50. The van der Waals surface area contributed by atoms with Gasteiger partial charge >= 0.3 is 5.97 Å². The second-order valence-electron chi connectivity index (χ2n) is 3.58. The third-order valence-corrected chi connectivity index (χ3v) is 2.16. The molecule has 0 rings (SSSR count). The van der Waals surface area contributed by atoms with Crippen LogP contribution in [0.3, 0.4) is 0 Å². The van der Waals surface area contributed by atoms with Crippen LogP contribution in [0.1, 0.15) is 26.2 Å². The molecule has 0 saturated heterocycles. The third-order valence-electron chi connectivity index (χ3n) is 2.16. The Labute approximate surface area is 95.1 Å². The van der Waals surface area contributed by atoms with E-state index in [1.54, 1.807) is 0 Å². The molecule has 0 aliphatic carbocycles. The molecule has 0 aliphatic rings. The molecule has 1 amide bonds. The fraction of sp³-hybridized carbons (Fsp3) is 0.800. The second-order valence-corrected chi connectivity index (χ2v) is 3.58. The minimum atomic E-state index is -1.07. The highest BCUT2D eigenvalue weighted by Gasteiger charge is 2.22. The van der Waals surface area contributed by atoms with Crippen LogP contribution in [0.2, 0.25) is 0 Å². The summed E-state index contributed by atoms with van der Waals surface area (Å²) in [6, 6.07) is -1.58. The number of aliphatic carboxylic acids is 1. The molecular weight excluding hydrogens is 212 g/mol. The zero-order chi connectivity index (χ0) is 12.6. The van der Waals surface area contributed by atoms with Gasteiger partial charge in [0.05, 0.1) is 6.04 Å². The lowest BCUT2D eigenvalue weighted by Gasteiger charge is -2.17. The number of carbonyl (C=O) groups excluding carboxylic acids is 1. The van der Waals surface area contributed by atoms with Crippen LogP contribution in [0.4, 0.5) is 0 Å². The van der Waals surface area contributed by atoms with E-state index in [2.05, 4.69) is 5.32 Å². The summed E-state index contributed by atoms with van der Waals surface area (Å²) in [5.41, 5.74) is 5.57. The largest absolute Gasteiger partial charge is 0.480 e. The Morgan fingerprint density at radius 3 is 2.50 bits per heavy atom. The molecule has 0 aliphatic heterocycles. The fourth-order valence-electron chi connectivity index (χ4n) is 1.21. The minimum Gasteiger partial charge on any atom is -0.480 e.